The molecule has 1 fully saturated rings. The molecule has 0 aliphatic carbocycles. The van der Waals surface area contributed by atoms with E-state index in [0.29, 0.717) is 31.1 Å². The van der Waals surface area contributed by atoms with Crippen LogP contribution in [0.25, 0.3) is 0 Å². The molecule has 39 heavy (non-hydrogen) atoms. The van der Waals surface area contributed by atoms with Gasteiger partial charge in [-0.2, -0.15) is 0 Å². The van der Waals surface area contributed by atoms with E-state index >= 15 is 0 Å². The highest BCUT2D eigenvalue weighted by Gasteiger charge is 2.31. The first-order valence-electron chi connectivity index (χ1n) is 13.1. The monoisotopic (exact) mass is 534 g/mol. The molecule has 0 saturated carbocycles. The third kappa shape index (κ3) is 7.80. The van der Waals surface area contributed by atoms with Gasteiger partial charge in [0.1, 0.15) is 11.9 Å². The number of carbonyl (C=O) groups is 2. The minimum Gasteiger partial charge on any atom is -0.493 e. The van der Waals surface area contributed by atoms with E-state index in [9.17, 15) is 14.0 Å². The predicted octanol–water partition coefficient (Wildman–Crippen LogP) is 4.32. The van der Waals surface area contributed by atoms with Crippen LogP contribution in [0, 0.1) is 5.82 Å². The van der Waals surface area contributed by atoms with Crippen LogP contribution in [0.3, 0.4) is 0 Å². The zero-order chi connectivity index (χ0) is 27.6. The zero-order valence-corrected chi connectivity index (χ0v) is 22.4. The van der Waals surface area contributed by atoms with Gasteiger partial charge in [0.2, 0.25) is 11.8 Å². The van der Waals surface area contributed by atoms with Crippen molar-refractivity contribution in [3.63, 3.8) is 0 Å². The first kappa shape index (κ1) is 28.1. The van der Waals surface area contributed by atoms with Crippen molar-refractivity contribution in [3.05, 3.63) is 95.3 Å². The van der Waals surface area contributed by atoms with Gasteiger partial charge in [0.05, 0.1) is 26.7 Å². The molecule has 4 rings (SSSR count). The van der Waals surface area contributed by atoms with E-state index in [1.807, 2.05) is 30.3 Å². The number of ether oxygens (including phenoxy) is 3. The number of rotatable bonds is 12. The van der Waals surface area contributed by atoms with Crippen LogP contribution in [0.1, 0.15) is 29.5 Å². The highest BCUT2D eigenvalue weighted by molar-refractivity contribution is 5.89. The highest BCUT2D eigenvalue weighted by Crippen LogP contribution is 2.28. The van der Waals surface area contributed by atoms with Crippen molar-refractivity contribution in [1.29, 1.82) is 0 Å². The van der Waals surface area contributed by atoms with Crippen molar-refractivity contribution in [2.75, 3.05) is 27.4 Å². The Labute approximate surface area is 228 Å². The van der Waals surface area contributed by atoms with Crippen molar-refractivity contribution in [2.24, 2.45) is 0 Å². The summed E-state index contributed by atoms with van der Waals surface area (Å²) in [6, 6.07) is 20.1. The SMILES string of the molecule is COc1ccc(CC(=O)N(Cc2ccc(F)cc2)[C@H](Cc2ccccc2)C(=O)NC[C@@H]2CCCO2)cc1OC. The Hall–Kier alpha value is -3.91. The Morgan fingerprint density at radius 1 is 0.974 bits per heavy atom. The second-order valence-electron chi connectivity index (χ2n) is 9.60. The first-order valence-corrected chi connectivity index (χ1v) is 13.1. The Bertz CT molecular complexity index is 1230. The van der Waals surface area contributed by atoms with Crippen LogP contribution in [-0.4, -0.2) is 56.2 Å². The number of hydrogen-bond acceptors (Lipinski definition) is 5. The van der Waals surface area contributed by atoms with Gasteiger partial charge in [0.15, 0.2) is 11.5 Å². The zero-order valence-electron chi connectivity index (χ0n) is 22.4. The summed E-state index contributed by atoms with van der Waals surface area (Å²) >= 11 is 0. The van der Waals surface area contributed by atoms with Crippen LogP contribution < -0.4 is 14.8 Å². The highest BCUT2D eigenvalue weighted by atomic mass is 19.1. The van der Waals surface area contributed by atoms with Crippen LogP contribution in [0.4, 0.5) is 4.39 Å². The summed E-state index contributed by atoms with van der Waals surface area (Å²) in [6.07, 6.45) is 2.21. The standard InChI is InChI=1S/C31H35FN2O5/c1-37-28-15-12-24(18-29(28)38-2)19-30(35)34(21-23-10-13-25(32)14-11-23)27(17-22-7-4-3-5-8-22)31(36)33-20-26-9-6-16-39-26/h3-5,7-8,10-15,18,26-27H,6,9,16-17,19-21H2,1-2H3,(H,33,36)/t26-,27+/m0/s1. The number of carbonyl (C=O) groups excluding carboxylic acids is 2. The molecule has 1 N–H and O–H groups in total. The number of benzene rings is 3. The summed E-state index contributed by atoms with van der Waals surface area (Å²) in [4.78, 5) is 29.2. The largest absolute Gasteiger partial charge is 0.493 e. The molecule has 0 aromatic heterocycles. The number of nitrogens with one attached hydrogen (secondary N) is 1. The minimum absolute atomic E-state index is 0.0284. The molecule has 0 spiro atoms. The Kier molecular flexibility index (Phi) is 9.91. The molecule has 7 nitrogen and oxygen atoms in total. The molecule has 1 aliphatic rings. The summed E-state index contributed by atoms with van der Waals surface area (Å²) in [7, 11) is 3.09. The van der Waals surface area contributed by atoms with Gasteiger partial charge >= 0.3 is 0 Å². The van der Waals surface area contributed by atoms with E-state index in [0.717, 1.165) is 29.5 Å². The van der Waals surface area contributed by atoms with Gasteiger partial charge in [0, 0.05) is 26.1 Å². The second-order valence-corrected chi connectivity index (χ2v) is 9.60. The molecule has 0 bridgehead atoms. The molecule has 2 atom stereocenters. The summed E-state index contributed by atoms with van der Waals surface area (Å²) in [5.41, 5.74) is 2.37. The van der Waals surface area contributed by atoms with Gasteiger partial charge < -0.3 is 24.4 Å². The van der Waals surface area contributed by atoms with E-state index in [4.69, 9.17) is 14.2 Å². The molecule has 0 unspecified atom stereocenters. The number of halogens is 1. The van der Waals surface area contributed by atoms with E-state index < -0.39 is 6.04 Å². The van der Waals surface area contributed by atoms with Crippen LogP contribution in [-0.2, 0) is 33.7 Å². The lowest BCUT2D eigenvalue weighted by Gasteiger charge is -2.32. The maximum absolute atomic E-state index is 13.9. The lowest BCUT2D eigenvalue weighted by molar-refractivity contribution is -0.141. The Balaban J connectivity index is 1.63. The fraction of sp³-hybridized carbons (Fsp3) is 0.355. The van der Waals surface area contributed by atoms with E-state index in [2.05, 4.69) is 5.32 Å². The first-order chi connectivity index (χ1) is 19.0. The van der Waals surface area contributed by atoms with Gasteiger partial charge in [-0.1, -0.05) is 48.5 Å². The number of nitrogens with zero attached hydrogens (tertiary/aromatic N) is 1. The average molecular weight is 535 g/mol. The Morgan fingerprint density at radius 3 is 2.36 bits per heavy atom. The number of methoxy groups -OCH3 is 2. The third-order valence-corrected chi connectivity index (χ3v) is 6.87. The molecule has 3 aromatic carbocycles. The lowest BCUT2D eigenvalue weighted by Crippen LogP contribution is -2.52. The van der Waals surface area contributed by atoms with E-state index in [-0.39, 0.29) is 36.7 Å². The molecular weight excluding hydrogens is 499 g/mol. The fourth-order valence-corrected chi connectivity index (χ4v) is 4.74. The van der Waals surface area contributed by atoms with Crippen molar-refractivity contribution in [3.8, 4) is 11.5 Å². The molecule has 1 saturated heterocycles. The molecule has 8 heteroatoms. The summed E-state index contributed by atoms with van der Waals surface area (Å²) in [5, 5.41) is 3.02. The molecule has 206 valence electrons. The lowest BCUT2D eigenvalue weighted by atomic mass is 10.0. The topological polar surface area (TPSA) is 77.1 Å². The molecule has 3 aromatic rings. The maximum atomic E-state index is 13.9. The Morgan fingerprint density at radius 2 is 1.69 bits per heavy atom. The number of hydrogen-bond donors (Lipinski definition) is 1. The predicted molar refractivity (Wildman–Crippen MR) is 146 cm³/mol. The minimum atomic E-state index is -0.786. The molecular formula is C31H35FN2O5. The van der Waals surface area contributed by atoms with Crippen molar-refractivity contribution >= 4 is 11.8 Å². The smallest absolute Gasteiger partial charge is 0.243 e. The van der Waals surface area contributed by atoms with Gasteiger partial charge in [-0.3, -0.25) is 9.59 Å². The summed E-state index contributed by atoms with van der Waals surface area (Å²) < 4.78 is 30.1. The maximum Gasteiger partial charge on any atom is 0.243 e. The fourth-order valence-electron chi connectivity index (χ4n) is 4.74. The average Bonchev–Trinajstić information content (AvgIpc) is 3.49. The van der Waals surface area contributed by atoms with Crippen molar-refractivity contribution in [1.82, 2.24) is 10.2 Å². The van der Waals surface area contributed by atoms with Gasteiger partial charge in [-0.05, 0) is 53.8 Å². The van der Waals surface area contributed by atoms with Crippen LogP contribution >= 0.6 is 0 Å². The van der Waals surface area contributed by atoms with Gasteiger partial charge in [-0.15, -0.1) is 0 Å². The summed E-state index contributed by atoms with van der Waals surface area (Å²) in [5.74, 6) is 0.226. The second kappa shape index (κ2) is 13.8. The quantitative estimate of drug-likeness (QED) is 0.375. The molecule has 1 heterocycles. The summed E-state index contributed by atoms with van der Waals surface area (Å²) in [6.45, 7) is 1.23. The van der Waals surface area contributed by atoms with Crippen molar-refractivity contribution in [2.45, 2.75) is 44.4 Å². The van der Waals surface area contributed by atoms with Crippen LogP contribution in [0.15, 0.2) is 72.8 Å². The third-order valence-electron chi connectivity index (χ3n) is 6.87. The molecule has 2 amide bonds. The van der Waals surface area contributed by atoms with E-state index in [1.54, 1.807) is 49.5 Å². The van der Waals surface area contributed by atoms with Gasteiger partial charge in [-0.25, -0.2) is 4.39 Å². The van der Waals surface area contributed by atoms with Crippen LogP contribution in [0.5, 0.6) is 11.5 Å². The number of amides is 2. The van der Waals surface area contributed by atoms with E-state index in [1.165, 1.54) is 12.1 Å². The molecule has 0 radical (unpaired) electrons. The van der Waals surface area contributed by atoms with Gasteiger partial charge in [0.25, 0.3) is 0 Å². The normalized spacial score (nSPS) is 15.4. The molecule has 1 aliphatic heterocycles. The van der Waals surface area contributed by atoms with Crippen LogP contribution in [0.2, 0.25) is 0 Å². The van der Waals surface area contributed by atoms with Crippen molar-refractivity contribution < 1.29 is 28.2 Å².